The van der Waals surface area contributed by atoms with Crippen molar-refractivity contribution in [1.82, 2.24) is 14.9 Å². The van der Waals surface area contributed by atoms with Crippen LogP contribution in [0.3, 0.4) is 0 Å². The molecule has 8 nitrogen and oxygen atoms in total. The van der Waals surface area contributed by atoms with Crippen LogP contribution < -0.4 is 10.1 Å². The third-order valence-corrected chi connectivity index (χ3v) is 5.69. The van der Waals surface area contributed by atoms with Crippen molar-refractivity contribution in [2.45, 2.75) is 38.2 Å². The number of rotatable bonds is 6. The molecule has 32 heavy (non-hydrogen) atoms. The average molecular weight is 446 g/mol. The van der Waals surface area contributed by atoms with Crippen LogP contribution in [0.25, 0.3) is 11.3 Å². The van der Waals surface area contributed by atoms with Crippen LogP contribution in [0.2, 0.25) is 0 Å². The topological polar surface area (TPSA) is 105 Å². The number of nitrogens with one attached hydrogen (secondary N) is 1. The van der Waals surface area contributed by atoms with Crippen LogP contribution in [0.4, 0.5) is 14.6 Å². The number of hydrogen-bond donors (Lipinski definition) is 2. The first-order chi connectivity index (χ1) is 15.4. The molecule has 1 aromatic carbocycles. The predicted molar refractivity (Wildman–Crippen MR) is 111 cm³/mol. The molecule has 4 atom stereocenters. The summed E-state index contributed by atoms with van der Waals surface area (Å²) in [5.41, 5.74) is 2.09. The van der Waals surface area contributed by atoms with Gasteiger partial charge in [-0.3, -0.25) is 9.59 Å². The van der Waals surface area contributed by atoms with Gasteiger partial charge in [-0.25, -0.2) is 18.7 Å². The number of halogens is 2. The molecule has 4 rings (SSSR count). The number of piperidine rings is 1. The maximum atomic E-state index is 14.5. The quantitative estimate of drug-likeness (QED) is 0.704. The minimum atomic E-state index is -1.36. The van der Waals surface area contributed by atoms with Crippen molar-refractivity contribution in [2.24, 2.45) is 5.92 Å². The average Bonchev–Trinajstić information content (AvgIpc) is 3.52. The van der Waals surface area contributed by atoms with Gasteiger partial charge >= 0.3 is 0 Å². The van der Waals surface area contributed by atoms with Gasteiger partial charge in [0.25, 0.3) is 0 Å². The molecule has 1 saturated heterocycles. The third kappa shape index (κ3) is 4.85. The Morgan fingerprint density at radius 2 is 2.03 bits per heavy atom. The number of aryl methyl sites for hydroxylation is 1. The molecule has 2 fully saturated rings. The Morgan fingerprint density at radius 1 is 1.25 bits per heavy atom. The van der Waals surface area contributed by atoms with Gasteiger partial charge in [-0.1, -0.05) is 0 Å². The van der Waals surface area contributed by atoms with Crippen LogP contribution >= 0.6 is 0 Å². The standard InChI is InChI=1S/C22H24F2N4O4/c1-12-6-13(17-8-20(26-11-25-17)27-22(31)14-7-15(14)23)2-3-18(12)32-19-4-5-28(9-16(19)24)21(30)10-29/h2-3,6,8,11,14-16,19,29H,4-5,7,9-10H2,1H3,(H,25,26,27,31)/t14?,15-,16+,19-/m0/s1. The number of aliphatic hydroxyl groups is 1. The number of likely N-dealkylation sites (tertiary alicyclic amines) is 1. The largest absolute Gasteiger partial charge is 0.487 e. The summed E-state index contributed by atoms with van der Waals surface area (Å²) >= 11 is 0. The number of nitrogens with zero attached hydrogens (tertiary/aromatic N) is 3. The number of carbonyl (C=O) groups is 2. The zero-order chi connectivity index (χ0) is 22.8. The molecule has 2 amide bonds. The Balaban J connectivity index is 1.42. The second-order valence-electron chi connectivity index (χ2n) is 8.08. The second-order valence-corrected chi connectivity index (χ2v) is 8.08. The van der Waals surface area contributed by atoms with Gasteiger partial charge in [0.1, 0.15) is 36.8 Å². The van der Waals surface area contributed by atoms with Crippen molar-refractivity contribution in [2.75, 3.05) is 25.0 Å². The molecule has 2 aliphatic rings. The maximum Gasteiger partial charge on any atom is 0.248 e. The maximum absolute atomic E-state index is 14.5. The molecular weight excluding hydrogens is 422 g/mol. The molecule has 0 radical (unpaired) electrons. The van der Waals surface area contributed by atoms with Crippen LogP contribution in [0, 0.1) is 12.8 Å². The Bertz CT molecular complexity index is 1020. The predicted octanol–water partition coefficient (Wildman–Crippen LogP) is 2.06. The van der Waals surface area contributed by atoms with Gasteiger partial charge in [0, 0.05) is 24.6 Å². The molecule has 10 heteroatoms. The molecule has 2 N–H and O–H groups in total. The second kappa shape index (κ2) is 9.15. The summed E-state index contributed by atoms with van der Waals surface area (Å²) < 4.78 is 33.4. The van der Waals surface area contributed by atoms with E-state index in [2.05, 4.69) is 15.3 Å². The van der Waals surface area contributed by atoms with E-state index in [1.54, 1.807) is 18.2 Å². The minimum absolute atomic E-state index is 0.110. The summed E-state index contributed by atoms with van der Waals surface area (Å²) in [6.07, 6.45) is -1.26. The molecule has 2 aromatic rings. The molecule has 1 aromatic heterocycles. The fourth-order valence-electron chi connectivity index (χ4n) is 3.68. The van der Waals surface area contributed by atoms with Gasteiger partial charge in [0.05, 0.1) is 18.2 Å². The van der Waals surface area contributed by atoms with Crippen molar-refractivity contribution in [1.29, 1.82) is 0 Å². The molecular formula is C22H24F2N4O4. The van der Waals surface area contributed by atoms with Crippen LogP contribution in [0.5, 0.6) is 5.75 Å². The first-order valence-corrected chi connectivity index (χ1v) is 10.4. The molecule has 1 saturated carbocycles. The summed E-state index contributed by atoms with van der Waals surface area (Å²) in [5.74, 6) is -0.682. The van der Waals surface area contributed by atoms with Gasteiger partial charge < -0.3 is 20.1 Å². The van der Waals surface area contributed by atoms with E-state index in [1.165, 1.54) is 11.2 Å². The SMILES string of the molecule is Cc1cc(-c2cc(NC(=O)C3C[C@@H]3F)ncn2)ccc1O[C@H]1CCN(C(=O)CO)C[C@H]1F. The number of hydrogen-bond acceptors (Lipinski definition) is 6. The molecule has 1 unspecified atom stereocenters. The van der Waals surface area contributed by atoms with Crippen LogP contribution in [-0.4, -0.2) is 69.9 Å². The van der Waals surface area contributed by atoms with Crippen LogP contribution in [0.1, 0.15) is 18.4 Å². The highest BCUT2D eigenvalue weighted by molar-refractivity contribution is 5.94. The third-order valence-electron chi connectivity index (χ3n) is 5.69. The van der Waals surface area contributed by atoms with Gasteiger partial charge in [-0.2, -0.15) is 0 Å². The van der Waals surface area contributed by atoms with E-state index < -0.39 is 42.8 Å². The lowest BCUT2D eigenvalue weighted by Crippen LogP contribution is -2.50. The monoisotopic (exact) mass is 446 g/mol. The Labute approximate surface area is 183 Å². The van der Waals surface area contributed by atoms with E-state index in [1.807, 2.05) is 13.0 Å². The lowest BCUT2D eigenvalue weighted by molar-refractivity contribution is -0.138. The molecule has 0 spiro atoms. The summed E-state index contributed by atoms with van der Waals surface area (Å²) in [6, 6.07) is 6.93. The van der Waals surface area contributed by atoms with Crippen molar-refractivity contribution >= 4 is 17.6 Å². The van der Waals surface area contributed by atoms with E-state index in [-0.39, 0.29) is 13.0 Å². The van der Waals surface area contributed by atoms with Crippen molar-refractivity contribution in [3.8, 4) is 17.0 Å². The van der Waals surface area contributed by atoms with Crippen LogP contribution in [-0.2, 0) is 9.59 Å². The first kappa shape index (κ1) is 22.1. The number of amides is 2. The van der Waals surface area contributed by atoms with E-state index in [0.29, 0.717) is 30.2 Å². The number of alkyl halides is 2. The van der Waals surface area contributed by atoms with E-state index >= 15 is 0 Å². The minimum Gasteiger partial charge on any atom is -0.487 e. The van der Waals surface area contributed by atoms with Crippen molar-refractivity contribution in [3.63, 3.8) is 0 Å². The van der Waals surface area contributed by atoms with Gasteiger partial charge in [-0.05, 0) is 37.1 Å². The van der Waals surface area contributed by atoms with Gasteiger partial charge in [-0.15, -0.1) is 0 Å². The van der Waals surface area contributed by atoms with Gasteiger partial charge in [0.15, 0.2) is 6.17 Å². The highest BCUT2D eigenvalue weighted by atomic mass is 19.1. The number of ether oxygens (including phenoxy) is 1. The smallest absolute Gasteiger partial charge is 0.248 e. The Hall–Kier alpha value is -3.14. The number of benzene rings is 1. The Morgan fingerprint density at radius 3 is 2.69 bits per heavy atom. The fourth-order valence-corrected chi connectivity index (χ4v) is 3.68. The fraction of sp³-hybridized carbons (Fsp3) is 0.455. The molecule has 1 aliphatic heterocycles. The van der Waals surface area contributed by atoms with E-state index in [9.17, 15) is 18.4 Å². The van der Waals surface area contributed by atoms with Gasteiger partial charge in [0.2, 0.25) is 11.8 Å². The summed E-state index contributed by atoms with van der Waals surface area (Å²) in [4.78, 5) is 33.0. The highest BCUT2D eigenvalue weighted by Crippen LogP contribution is 2.35. The zero-order valence-electron chi connectivity index (χ0n) is 17.5. The van der Waals surface area contributed by atoms with E-state index in [4.69, 9.17) is 9.84 Å². The summed E-state index contributed by atoms with van der Waals surface area (Å²) in [6.45, 7) is 1.40. The molecule has 1 aliphatic carbocycles. The molecule has 2 heterocycles. The number of aliphatic hydroxyl groups excluding tert-OH is 1. The lowest BCUT2D eigenvalue weighted by atomic mass is 10.0. The highest BCUT2D eigenvalue weighted by Gasteiger charge is 2.43. The summed E-state index contributed by atoms with van der Waals surface area (Å²) in [7, 11) is 0. The number of aromatic nitrogens is 2. The van der Waals surface area contributed by atoms with Crippen molar-refractivity contribution < 1.29 is 28.2 Å². The van der Waals surface area contributed by atoms with Crippen LogP contribution in [0.15, 0.2) is 30.6 Å². The molecule has 170 valence electrons. The first-order valence-electron chi connectivity index (χ1n) is 10.4. The number of anilines is 1. The Kier molecular flexibility index (Phi) is 6.31. The zero-order valence-corrected chi connectivity index (χ0v) is 17.5. The van der Waals surface area contributed by atoms with Crippen molar-refractivity contribution in [3.05, 3.63) is 36.2 Å². The lowest BCUT2D eigenvalue weighted by Gasteiger charge is -2.34. The molecule has 0 bridgehead atoms. The summed E-state index contributed by atoms with van der Waals surface area (Å²) in [5, 5.41) is 11.5. The van der Waals surface area contributed by atoms with E-state index in [0.717, 1.165) is 11.1 Å². The number of carbonyl (C=O) groups excluding carboxylic acids is 2. The normalized spacial score (nSPS) is 24.7.